The highest BCUT2D eigenvalue weighted by Gasteiger charge is 2.31. The highest BCUT2D eigenvalue weighted by atomic mass is 32.2. The van der Waals surface area contributed by atoms with E-state index in [-0.39, 0.29) is 16.9 Å². The molecular weight excluding hydrogens is 392 g/mol. The molecular formula is C20H24N4O2S2. The number of hydrogen-bond acceptors (Lipinski definition) is 7. The average Bonchev–Trinajstić information content (AvgIpc) is 3.06. The summed E-state index contributed by atoms with van der Waals surface area (Å²) < 4.78 is 7.46. The van der Waals surface area contributed by atoms with E-state index < -0.39 is 0 Å². The fraction of sp³-hybridized carbons (Fsp3) is 0.600. The first-order chi connectivity index (χ1) is 13.5. The number of rotatable bonds is 5. The number of fused-ring (bicyclic) bond motifs is 1. The van der Waals surface area contributed by atoms with Crippen LogP contribution < -0.4 is 5.56 Å². The lowest BCUT2D eigenvalue weighted by Gasteiger charge is -2.19. The molecule has 2 fully saturated rings. The molecule has 0 aromatic carbocycles. The highest BCUT2D eigenvalue weighted by molar-refractivity contribution is 7.99. The van der Waals surface area contributed by atoms with Crippen molar-refractivity contribution in [2.75, 3.05) is 0 Å². The second-order valence-corrected chi connectivity index (χ2v) is 10.5. The molecule has 0 saturated heterocycles. The van der Waals surface area contributed by atoms with Gasteiger partial charge in [-0.2, -0.15) is 4.98 Å². The van der Waals surface area contributed by atoms with Crippen LogP contribution in [0.4, 0.5) is 0 Å². The Hall–Kier alpha value is -1.67. The smallest absolute Gasteiger partial charge is 0.263 e. The summed E-state index contributed by atoms with van der Waals surface area (Å²) in [5.41, 5.74) is 1.18. The highest BCUT2D eigenvalue weighted by Crippen LogP contribution is 2.41. The predicted molar refractivity (Wildman–Crippen MR) is 111 cm³/mol. The Kier molecular flexibility index (Phi) is 4.58. The number of thioether (sulfide) groups is 1. The molecule has 2 saturated carbocycles. The van der Waals surface area contributed by atoms with Gasteiger partial charge in [-0.05, 0) is 52.0 Å². The van der Waals surface area contributed by atoms with Crippen LogP contribution >= 0.6 is 23.1 Å². The van der Waals surface area contributed by atoms with Crippen molar-refractivity contribution in [3.05, 3.63) is 32.5 Å². The van der Waals surface area contributed by atoms with Crippen molar-refractivity contribution in [1.82, 2.24) is 19.7 Å². The molecule has 0 aliphatic heterocycles. The minimum absolute atomic E-state index is 0.0424. The minimum Gasteiger partial charge on any atom is -0.338 e. The number of thiophene rings is 1. The molecule has 0 spiro atoms. The summed E-state index contributed by atoms with van der Waals surface area (Å²) >= 11 is 3.17. The molecule has 0 amide bonds. The SMILES string of the molecule is Cc1sc2nc(SC(C)c3nc(C4CC4)no3)n(C3CCCC3)c(=O)c2c1C. The molecule has 1 unspecified atom stereocenters. The Morgan fingerprint density at radius 2 is 1.93 bits per heavy atom. The number of aryl methyl sites for hydroxylation is 2. The van der Waals surface area contributed by atoms with E-state index in [4.69, 9.17) is 9.51 Å². The first kappa shape index (κ1) is 18.4. The summed E-state index contributed by atoms with van der Waals surface area (Å²) in [6.07, 6.45) is 6.73. The largest absolute Gasteiger partial charge is 0.338 e. The average molecular weight is 417 g/mol. The van der Waals surface area contributed by atoms with Crippen molar-refractivity contribution in [3.8, 4) is 0 Å². The Bertz CT molecular complexity index is 1090. The third-order valence-corrected chi connectivity index (χ3v) is 8.08. The van der Waals surface area contributed by atoms with Crippen LogP contribution in [-0.2, 0) is 0 Å². The van der Waals surface area contributed by atoms with E-state index >= 15 is 0 Å². The molecule has 2 aliphatic carbocycles. The summed E-state index contributed by atoms with van der Waals surface area (Å²) in [7, 11) is 0. The summed E-state index contributed by atoms with van der Waals surface area (Å²) in [6.45, 7) is 6.15. The Balaban J connectivity index is 1.56. The summed E-state index contributed by atoms with van der Waals surface area (Å²) in [6, 6.07) is 0.239. The minimum atomic E-state index is -0.0424. The van der Waals surface area contributed by atoms with Crippen LogP contribution in [0.25, 0.3) is 10.2 Å². The molecule has 28 heavy (non-hydrogen) atoms. The normalized spacial score (nSPS) is 19.0. The van der Waals surface area contributed by atoms with Crippen LogP contribution in [0, 0.1) is 13.8 Å². The van der Waals surface area contributed by atoms with Crippen LogP contribution in [0.15, 0.2) is 14.5 Å². The van der Waals surface area contributed by atoms with E-state index in [2.05, 4.69) is 24.0 Å². The molecule has 0 bridgehead atoms. The van der Waals surface area contributed by atoms with Gasteiger partial charge in [-0.15, -0.1) is 11.3 Å². The van der Waals surface area contributed by atoms with Crippen molar-refractivity contribution in [2.45, 2.75) is 81.7 Å². The van der Waals surface area contributed by atoms with Gasteiger partial charge in [0, 0.05) is 16.8 Å². The maximum Gasteiger partial charge on any atom is 0.263 e. The van der Waals surface area contributed by atoms with Crippen LogP contribution in [0.5, 0.6) is 0 Å². The van der Waals surface area contributed by atoms with Gasteiger partial charge in [-0.3, -0.25) is 9.36 Å². The topological polar surface area (TPSA) is 73.8 Å². The summed E-state index contributed by atoms with van der Waals surface area (Å²) in [5, 5.41) is 5.67. The second-order valence-electron chi connectivity index (χ2n) is 8.00. The van der Waals surface area contributed by atoms with Crippen molar-refractivity contribution < 1.29 is 4.52 Å². The fourth-order valence-corrected chi connectivity index (χ4v) is 6.06. The third-order valence-electron chi connectivity index (χ3n) is 5.92. The van der Waals surface area contributed by atoms with Crippen LogP contribution in [0.1, 0.15) is 84.8 Å². The standard InChI is InChI=1S/C20H24N4O2S2/c1-10-11(2)27-18-15(10)19(25)24(14-6-4-5-7-14)20(22-18)28-12(3)17-21-16(23-26-17)13-8-9-13/h12-14H,4-9H2,1-3H3. The van der Waals surface area contributed by atoms with E-state index in [0.29, 0.717) is 11.8 Å². The lowest BCUT2D eigenvalue weighted by Crippen LogP contribution is -2.26. The van der Waals surface area contributed by atoms with E-state index in [0.717, 1.165) is 52.4 Å². The maximum atomic E-state index is 13.5. The van der Waals surface area contributed by atoms with Gasteiger partial charge < -0.3 is 4.52 Å². The molecule has 148 valence electrons. The van der Waals surface area contributed by atoms with Gasteiger partial charge in [0.05, 0.1) is 10.6 Å². The molecule has 3 aromatic heterocycles. The summed E-state index contributed by atoms with van der Waals surface area (Å²) in [4.78, 5) is 25.0. The van der Waals surface area contributed by atoms with Crippen molar-refractivity contribution in [2.24, 2.45) is 0 Å². The van der Waals surface area contributed by atoms with E-state index in [1.807, 2.05) is 11.5 Å². The molecule has 5 rings (SSSR count). The Morgan fingerprint density at radius 3 is 2.64 bits per heavy atom. The Labute approximate surface area is 171 Å². The zero-order valence-corrected chi connectivity index (χ0v) is 18.0. The maximum absolute atomic E-state index is 13.5. The zero-order valence-electron chi connectivity index (χ0n) is 16.4. The lowest BCUT2D eigenvalue weighted by atomic mass is 10.2. The molecule has 0 radical (unpaired) electrons. The van der Waals surface area contributed by atoms with Crippen molar-refractivity contribution in [1.29, 1.82) is 0 Å². The molecule has 6 nitrogen and oxygen atoms in total. The van der Waals surface area contributed by atoms with E-state index in [9.17, 15) is 4.79 Å². The van der Waals surface area contributed by atoms with Crippen molar-refractivity contribution >= 4 is 33.3 Å². The molecule has 3 heterocycles. The van der Waals surface area contributed by atoms with E-state index in [1.165, 1.54) is 17.7 Å². The van der Waals surface area contributed by atoms with Crippen LogP contribution in [0.3, 0.4) is 0 Å². The lowest BCUT2D eigenvalue weighted by molar-refractivity contribution is 0.374. The predicted octanol–water partition coefficient (Wildman–Crippen LogP) is 5.30. The van der Waals surface area contributed by atoms with Gasteiger partial charge in [0.2, 0.25) is 5.89 Å². The number of hydrogen-bond donors (Lipinski definition) is 0. The monoisotopic (exact) mass is 416 g/mol. The van der Waals surface area contributed by atoms with Gasteiger partial charge >= 0.3 is 0 Å². The number of nitrogens with zero attached hydrogens (tertiary/aromatic N) is 4. The molecule has 1 atom stereocenters. The van der Waals surface area contributed by atoms with Gasteiger partial charge in [0.15, 0.2) is 11.0 Å². The summed E-state index contributed by atoms with van der Waals surface area (Å²) in [5.74, 6) is 1.92. The zero-order chi connectivity index (χ0) is 19.4. The van der Waals surface area contributed by atoms with Crippen molar-refractivity contribution in [3.63, 3.8) is 0 Å². The third kappa shape index (κ3) is 3.10. The molecule has 2 aliphatic rings. The number of aromatic nitrogens is 4. The van der Waals surface area contributed by atoms with E-state index in [1.54, 1.807) is 23.1 Å². The second kappa shape index (κ2) is 6.99. The fourth-order valence-electron chi connectivity index (χ4n) is 3.98. The molecule has 8 heteroatoms. The van der Waals surface area contributed by atoms with Gasteiger partial charge in [0.25, 0.3) is 5.56 Å². The first-order valence-corrected chi connectivity index (χ1v) is 11.7. The van der Waals surface area contributed by atoms with Gasteiger partial charge in [-0.25, -0.2) is 4.98 Å². The first-order valence-electron chi connectivity index (χ1n) is 10.1. The van der Waals surface area contributed by atoms with Crippen LogP contribution in [0.2, 0.25) is 0 Å². The quantitative estimate of drug-likeness (QED) is 0.415. The van der Waals surface area contributed by atoms with Gasteiger partial charge in [0.1, 0.15) is 4.83 Å². The Morgan fingerprint density at radius 1 is 1.18 bits per heavy atom. The van der Waals surface area contributed by atoms with Gasteiger partial charge in [-0.1, -0.05) is 29.8 Å². The van der Waals surface area contributed by atoms with Crippen LogP contribution in [-0.4, -0.2) is 19.7 Å². The molecule has 0 N–H and O–H groups in total. The molecule has 3 aromatic rings.